The zero-order valence-electron chi connectivity index (χ0n) is 23.4. The van der Waals surface area contributed by atoms with Crippen molar-refractivity contribution in [3.05, 3.63) is 52.4 Å². The number of fused-ring (bicyclic) bond motifs is 1. The van der Waals surface area contributed by atoms with E-state index < -0.39 is 40.5 Å². The number of halogens is 3. The molecule has 2 N–H and O–H groups in total. The molecule has 10 nitrogen and oxygen atoms in total. The molecule has 0 radical (unpaired) electrons. The lowest BCUT2D eigenvalue weighted by Gasteiger charge is -2.39. The Morgan fingerprint density at radius 2 is 1.93 bits per heavy atom. The first-order valence-electron chi connectivity index (χ1n) is 13.0. The van der Waals surface area contributed by atoms with Gasteiger partial charge in [0.05, 0.1) is 30.2 Å². The van der Waals surface area contributed by atoms with E-state index in [-0.39, 0.29) is 36.2 Å². The molecule has 0 bridgehead atoms. The Morgan fingerprint density at radius 1 is 1.24 bits per heavy atom. The Hall–Kier alpha value is -3.89. The maximum absolute atomic E-state index is 13.6. The third kappa shape index (κ3) is 5.80. The van der Waals surface area contributed by atoms with Crippen LogP contribution in [0.2, 0.25) is 0 Å². The van der Waals surface area contributed by atoms with Crippen LogP contribution >= 0.6 is 0 Å². The van der Waals surface area contributed by atoms with Gasteiger partial charge in [-0.25, -0.2) is 4.79 Å². The molecule has 1 fully saturated rings. The van der Waals surface area contributed by atoms with E-state index in [2.05, 4.69) is 21.5 Å². The number of nitriles is 1. The van der Waals surface area contributed by atoms with Crippen molar-refractivity contribution in [1.29, 1.82) is 5.26 Å². The molecule has 1 aromatic carbocycles. The van der Waals surface area contributed by atoms with Gasteiger partial charge in [0.25, 0.3) is 5.56 Å². The van der Waals surface area contributed by atoms with Gasteiger partial charge in [-0.05, 0) is 64.3 Å². The number of methoxy groups -OCH3 is 1. The van der Waals surface area contributed by atoms with E-state index in [0.717, 1.165) is 14.0 Å². The second-order valence-corrected chi connectivity index (χ2v) is 11.2. The SMILES string of the molecule is CO[C@@](C)(c1ccc(Nc2nn([C@]3(CC#N)CC[C@@H](C(=O)OC(C)(C)C)OC3)c3cc[nH]c(=O)c23)cc1)C(F)(F)F. The minimum absolute atomic E-state index is 0.0151. The summed E-state index contributed by atoms with van der Waals surface area (Å²) in [4.78, 5) is 28.1. The molecule has 0 unspecified atom stereocenters. The van der Waals surface area contributed by atoms with Crippen molar-refractivity contribution < 1.29 is 32.2 Å². The van der Waals surface area contributed by atoms with Crippen LogP contribution in [0.5, 0.6) is 0 Å². The van der Waals surface area contributed by atoms with Crippen molar-refractivity contribution in [2.45, 2.75) is 76.0 Å². The third-order valence-electron chi connectivity index (χ3n) is 7.20. The number of aromatic amines is 1. The van der Waals surface area contributed by atoms with Crippen LogP contribution in [-0.4, -0.2) is 52.3 Å². The summed E-state index contributed by atoms with van der Waals surface area (Å²) in [6.45, 7) is 6.19. The molecule has 41 heavy (non-hydrogen) atoms. The monoisotopic (exact) mass is 575 g/mol. The van der Waals surface area contributed by atoms with Crippen molar-refractivity contribution in [3.8, 4) is 6.07 Å². The largest absolute Gasteiger partial charge is 0.458 e. The number of rotatable bonds is 7. The van der Waals surface area contributed by atoms with Crippen LogP contribution in [0.3, 0.4) is 0 Å². The van der Waals surface area contributed by atoms with Gasteiger partial charge in [0.1, 0.15) is 11.0 Å². The molecular weight excluding hydrogens is 543 g/mol. The molecule has 0 amide bonds. The zero-order chi connectivity index (χ0) is 30.2. The molecular formula is C28H32F3N5O5. The number of nitrogens with one attached hydrogen (secondary N) is 2. The van der Waals surface area contributed by atoms with Gasteiger partial charge in [0.2, 0.25) is 0 Å². The van der Waals surface area contributed by atoms with Gasteiger partial charge in [0.15, 0.2) is 17.5 Å². The highest BCUT2D eigenvalue weighted by atomic mass is 19.4. The molecule has 0 saturated carbocycles. The smallest absolute Gasteiger partial charge is 0.421 e. The van der Waals surface area contributed by atoms with Crippen LogP contribution in [0.25, 0.3) is 10.9 Å². The second-order valence-electron chi connectivity index (χ2n) is 11.2. The van der Waals surface area contributed by atoms with E-state index in [1.807, 2.05) is 0 Å². The summed E-state index contributed by atoms with van der Waals surface area (Å²) < 4.78 is 58.6. The van der Waals surface area contributed by atoms with Gasteiger partial charge >= 0.3 is 12.1 Å². The first-order chi connectivity index (χ1) is 19.1. The predicted octanol–water partition coefficient (Wildman–Crippen LogP) is 5.02. The molecule has 3 atom stereocenters. The highest BCUT2D eigenvalue weighted by Crippen LogP contribution is 2.42. The Morgan fingerprint density at radius 3 is 2.46 bits per heavy atom. The number of anilines is 2. The summed E-state index contributed by atoms with van der Waals surface area (Å²) in [6.07, 6.45) is -3.40. The molecule has 220 valence electrons. The molecule has 4 rings (SSSR count). The fourth-order valence-electron chi connectivity index (χ4n) is 4.82. The van der Waals surface area contributed by atoms with Crippen molar-refractivity contribution in [2.75, 3.05) is 19.0 Å². The Kier molecular flexibility index (Phi) is 7.95. The second kappa shape index (κ2) is 10.8. The number of hydrogen-bond acceptors (Lipinski definition) is 8. The van der Waals surface area contributed by atoms with Gasteiger partial charge in [-0.2, -0.15) is 23.5 Å². The fourth-order valence-corrected chi connectivity index (χ4v) is 4.82. The molecule has 2 aromatic heterocycles. The lowest BCUT2D eigenvalue weighted by Crippen LogP contribution is -2.47. The van der Waals surface area contributed by atoms with Crippen LogP contribution in [-0.2, 0) is 30.1 Å². The van der Waals surface area contributed by atoms with Crippen LogP contribution in [0.1, 0.15) is 52.5 Å². The van der Waals surface area contributed by atoms with Crippen molar-refractivity contribution in [1.82, 2.24) is 14.8 Å². The maximum Gasteiger partial charge on any atom is 0.421 e. The molecule has 0 aliphatic carbocycles. The molecule has 1 saturated heterocycles. The zero-order valence-corrected chi connectivity index (χ0v) is 23.4. The summed E-state index contributed by atoms with van der Waals surface area (Å²) in [6, 6.07) is 9.24. The summed E-state index contributed by atoms with van der Waals surface area (Å²) >= 11 is 0. The number of pyridine rings is 1. The summed E-state index contributed by atoms with van der Waals surface area (Å²) in [5.41, 5.74) is -3.93. The lowest BCUT2D eigenvalue weighted by atomic mass is 9.87. The van der Waals surface area contributed by atoms with Crippen LogP contribution in [0.15, 0.2) is 41.3 Å². The quantitative estimate of drug-likeness (QED) is 0.376. The molecule has 0 spiro atoms. The third-order valence-corrected chi connectivity index (χ3v) is 7.20. The molecule has 3 aromatic rings. The number of carbonyl (C=O) groups excluding carboxylic acids is 1. The first-order valence-corrected chi connectivity index (χ1v) is 13.0. The number of hydrogen-bond donors (Lipinski definition) is 2. The molecule has 1 aliphatic heterocycles. The van der Waals surface area contributed by atoms with Crippen LogP contribution in [0.4, 0.5) is 24.7 Å². The average molecular weight is 576 g/mol. The van der Waals surface area contributed by atoms with Gasteiger partial charge in [-0.3, -0.25) is 9.48 Å². The van der Waals surface area contributed by atoms with E-state index in [1.165, 1.54) is 30.5 Å². The topological polar surface area (TPSA) is 131 Å². The lowest BCUT2D eigenvalue weighted by molar-refractivity contribution is -0.269. The standard InChI is InChI=1S/C28H32F3N5O5/c1-25(2,3)41-24(38)20-10-12-27(13-14-32,16-40-20)36-19-11-15-33-23(37)21(19)22(35-36)34-18-8-6-17(7-9-18)26(4,39-5)28(29,30)31/h6-9,11,15,20H,10,12-13,16H2,1-5H3,(H,33,37)(H,34,35)/t20-,26-,27-/m0/s1. The minimum atomic E-state index is -4.64. The van der Waals surface area contributed by atoms with E-state index in [0.29, 0.717) is 17.6 Å². The van der Waals surface area contributed by atoms with Crippen molar-refractivity contribution >= 4 is 28.4 Å². The number of esters is 1. The van der Waals surface area contributed by atoms with Gasteiger partial charge in [-0.1, -0.05) is 12.1 Å². The highest BCUT2D eigenvalue weighted by molar-refractivity contribution is 5.91. The molecule has 1 aliphatic rings. The highest BCUT2D eigenvalue weighted by Gasteiger charge is 2.53. The molecule has 13 heteroatoms. The summed E-state index contributed by atoms with van der Waals surface area (Å²) in [7, 11) is 0.993. The average Bonchev–Trinajstić information content (AvgIpc) is 3.27. The number of H-pyrrole nitrogens is 1. The summed E-state index contributed by atoms with van der Waals surface area (Å²) in [5, 5.41) is 17.6. The summed E-state index contributed by atoms with van der Waals surface area (Å²) in [5.74, 6) is -0.350. The van der Waals surface area contributed by atoms with E-state index >= 15 is 0 Å². The Labute approximate surface area is 234 Å². The number of aromatic nitrogens is 3. The number of benzene rings is 1. The number of nitrogens with zero attached hydrogens (tertiary/aromatic N) is 3. The fraction of sp³-hybridized carbons (Fsp3) is 0.500. The van der Waals surface area contributed by atoms with Crippen molar-refractivity contribution in [2.24, 2.45) is 0 Å². The van der Waals surface area contributed by atoms with Gasteiger partial charge in [-0.15, -0.1) is 0 Å². The van der Waals surface area contributed by atoms with Gasteiger partial charge < -0.3 is 24.5 Å². The number of carbonyl (C=O) groups is 1. The minimum Gasteiger partial charge on any atom is -0.458 e. The maximum atomic E-state index is 13.6. The Bertz CT molecular complexity index is 1510. The predicted molar refractivity (Wildman–Crippen MR) is 144 cm³/mol. The normalized spacial score (nSPS) is 21.2. The first kappa shape index (κ1) is 30.1. The van der Waals surface area contributed by atoms with E-state index in [1.54, 1.807) is 31.5 Å². The van der Waals surface area contributed by atoms with Crippen LogP contribution in [0, 0.1) is 11.3 Å². The molecule has 3 heterocycles. The van der Waals surface area contributed by atoms with Crippen LogP contribution < -0.4 is 10.9 Å². The number of ether oxygens (including phenoxy) is 3. The van der Waals surface area contributed by atoms with E-state index in [4.69, 9.17) is 14.2 Å². The van der Waals surface area contributed by atoms with Gasteiger partial charge in [0, 0.05) is 19.0 Å². The van der Waals surface area contributed by atoms with E-state index in [9.17, 15) is 28.0 Å². The van der Waals surface area contributed by atoms with Crippen molar-refractivity contribution in [3.63, 3.8) is 0 Å². The Balaban J connectivity index is 1.68. The number of alkyl halides is 3.